The second kappa shape index (κ2) is 10.1. The minimum absolute atomic E-state index is 0.273. The van der Waals surface area contributed by atoms with Crippen LogP contribution >= 0.6 is 0 Å². The van der Waals surface area contributed by atoms with Gasteiger partial charge in [0, 0.05) is 30.4 Å². The van der Waals surface area contributed by atoms with Crippen LogP contribution in [0, 0.1) is 12.5 Å². The highest BCUT2D eigenvalue weighted by Crippen LogP contribution is 2.38. The zero-order valence-corrected chi connectivity index (χ0v) is 20.3. The Labute approximate surface area is 205 Å². The monoisotopic (exact) mass is 474 g/mol. The number of anilines is 1. The van der Waals surface area contributed by atoms with Gasteiger partial charge in [-0.25, -0.2) is 9.64 Å². The van der Waals surface area contributed by atoms with Crippen LogP contribution in [0.25, 0.3) is 15.7 Å². The van der Waals surface area contributed by atoms with E-state index < -0.39 is 5.60 Å². The Balaban J connectivity index is 1.42. The van der Waals surface area contributed by atoms with Gasteiger partial charge in [0.2, 0.25) is 5.69 Å². The van der Waals surface area contributed by atoms with Crippen LogP contribution in [-0.4, -0.2) is 41.3 Å². The summed E-state index contributed by atoms with van der Waals surface area (Å²) in [6.45, 7) is 15.0. The fourth-order valence-electron chi connectivity index (χ4n) is 3.91. The molecule has 1 aromatic heterocycles. The molecular formula is C27H30N4O4. The van der Waals surface area contributed by atoms with Crippen molar-refractivity contribution in [2.75, 3.05) is 25.4 Å². The Kier molecular flexibility index (Phi) is 6.97. The van der Waals surface area contributed by atoms with E-state index in [2.05, 4.69) is 9.83 Å². The third-order valence-electron chi connectivity index (χ3n) is 5.75. The summed E-state index contributed by atoms with van der Waals surface area (Å²) < 4.78 is 17.6. The van der Waals surface area contributed by atoms with E-state index in [-0.39, 0.29) is 12.0 Å². The molecule has 3 aromatic rings. The first-order valence-corrected chi connectivity index (χ1v) is 11.7. The molecule has 1 aliphatic rings. The Morgan fingerprint density at radius 1 is 1.14 bits per heavy atom. The predicted molar refractivity (Wildman–Crippen MR) is 135 cm³/mol. The number of carbonyl (C=O) groups excluding carboxylic acids is 1. The highest BCUT2D eigenvalue weighted by Gasteiger charge is 2.27. The molecule has 0 atom stereocenters. The lowest BCUT2D eigenvalue weighted by molar-refractivity contribution is 0.0165. The average molecular weight is 475 g/mol. The third kappa shape index (κ3) is 6.12. The van der Waals surface area contributed by atoms with Crippen molar-refractivity contribution < 1.29 is 19.0 Å². The van der Waals surface area contributed by atoms with Crippen molar-refractivity contribution in [3.8, 4) is 17.2 Å². The van der Waals surface area contributed by atoms with Gasteiger partial charge < -0.3 is 24.8 Å². The second-order valence-electron chi connectivity index (χ2n) is 9.65. The molecule has 8 heteroatoms. The number of nitrogens with two attached hydrogens (primary N) is 1. The number of aromatic nitrogens is 1. The minimum atomic E-state index is -0.503. The number of rotatable bonds is 5. The molecule has 35 heavy (non-hydrogen) atoms. The molecule has 1 saturated heterocycles. The van der Waals surface area contributed by atoms with Gasteiger partial charge in [0.15, 0.2) is 0 Å². The number of likely N-dealkylation sites (tertiary alicyclic amines) is 1. The lowest BCUT2D eigenvalue weighted by Gasteiger charge is -2.33. The number of hydrogen-bond acceptors (Lipinski definition) is 6. The quantitative estimate of drug-likeness (QED) is 0.350. The zero-order valence-electron chi connectivity index (χ0n) is 20.3. The maximum atomic E-state index is 12.3. The normalized spacial score (nSPS) is 14.4. The number of nitrogens with zero attached hydrogens (tertiary/aromatic N) is 3. The van der Waals surface area contributed by atoms with Crippen LogP contribution in [0.15, 0.2) is 48.7 Å². The first-order chi connectivity index (χ1) is 16.7. The number of ether oxygens (including phenoxy) is 3. The summed E-state index contributed by atoms with van der Waals surface area (Å²) in [5, 5.41) is 0.730. The molecular weight excluding hydrogens is 444 g/mol. The lowest BCUT2D eigenvalue weighted by Crippen LogP contribution is -2.42. The van der Waals surface area contributed by atoms with Gasteiger partial charge in [0.05, 0.1) is 18.7 Å². The summed E-state index contributed by atoms with van der Waals surface area (Å²) in [4.78, 5) is 22.1. The summed E-state index contributed by atoms with van der Waals surface area (Å²) in [7, 11) is 0. The lowest BCUT2D eigenvalue weighted by atomic mass is 9.98. The molecule has 182 valence electrons. The Morgan fingerprint density at radius 2 is 1.86 bits per heavy atom. The first kappa shape index (κ1) is 24.1. The number of amides is 1. The maximum absolute atomic E-state index is 12.3. The topological polar surface area (TPSA) is 91.3 Å². The van der Waals surface area contributed by atoms with Crippen molar-refractivity contribution in [1.82, 2.24) is 9.88 Å². The molecule has 0 saturated carbocycles. The number of benzene rings is 2. The van der Waals surface area contributed by atoms with Gasteiger partial charge in [-0.05, 0) is 82.0 Å². The van der Waals surface area contributed by atoms with Crippen LogP contribution in [0.5, 0.6) is 17.2 Å². The van der Waals surface area contributed by atoms with E-state index in [4.69, 9.17) is 26.5 Å². The van der Waals surface area contributed by atoms with Crippen LogP contribution in [-0.2, 0) is 4.74 Å². The SMILES string of the molecule is [C-]#[N+]c1cc2c(Oc3ccc(N)cc3)ccnc2cc1OCC1CCN(C(=O)OC(C)(C)C)CC1. The molecule has 0 aliphatic carbocycles. The molecule has 0 unspecified atom stereocenters. The highest BCUT2D eigenvalue weighted by atomic mass is 16.6. The van der Waals surface area contributed by atoms with E-state index in [1.54, 1.807) is 53.6 Å². The molecule has 2 heterocycles. The standard InChI is InChI=1S/C27H30N4O4/c1-27(2,3)35-26(32)31-13-10-18(11-14-31)17-33-25-16-22-21(15-23(25)29-4)24(9-12-30-22)34-20-7-5-19(28)6-8-20/h5-9,12,15-16,18H,10-11,13-14,17,28H2,1-3H3. The van der Waals surface area contributed by atoms with Gasteiger partial charge in [0.25, 0.3) is 0 Å². The van der Waals surface area contributed by atoms with Crippen molar-refractivity contribution in [1.29, 1.82) is 0 Å². The Morgan fingerprint density at radius 3 is 2.51 bits per heavy atom. The molecule has 8 nitrogen and oxygen atoms in total. The molecule has 0 spiro atoms. The molecule has 1 amide bonds. The van der Waals surface area contributed by atoms with Gasteiger partial charge in [-0.15, -0.1) is 0 Å². The number of hydrogen-bond donors (Lipinski definition) is 1. The van der Waals surface area contributed by atoms with Crippen molar-refractivity contribution in [2.45, 2.75) is 39.2 Å². The van der Waals surface area contributed by atoms with E-state index in [1.807, 2.05) is 20.8 Å². The number of nitrogen functional groups attached to an aromatic ring is 1. The van der Waals surface area contributed by atoms with Crippen LogP contribution in [0.3, 0.4) is 0 Å². The fourth-order valence-corrected chi connectivity index (χ4v) is 3.91. The van der Waals surface area contributed by atoms with Gasteiger partial charge >= 0.3 is 6.09 Å². The van der Waals surface area contributed by atoms with Gasteiger partial charge in [-0.2, -0.15) is 0 Å². The summed E-state index contributed by atoms with van der Waals surface area (Å²) in [6, 6.07) is 12.4. The Hall–Kier alpha value is -3.99. The van der Waals surface area contributed by atoms with Gasteiger partial charge in [0.1, 0.15) is 22.8 Å². The van der Waals surface area contributed by atoms with Crippen molar-refractivity contribution in [2.24, 2.45) is 5.92 Å². The second-order valence-corrected chi connectivity index (χ2v) is 9.65. The fraction of sp³-hybridized carbons (Fsp3) is 0.370. The number of pyridine rings is 1. The number of piperidine rings is 1. The van der Waals surface area contributed by atoms with Crippen molar-refractivity contribution in [3.63, 3.8) is 0 Å². The minimum Gasteiger partial charge on any atom is -0.504 e. The van der Waals surface area contributed by atoms with Crippen LogP contribution in [0.2, 0.25) is 0 Å². The van der Waals surface area contributed by atoms with E-state index in [0.29, 0.717) is 53.8 Å². The van der Waals surface area contributed by atoms with Gasteiger partial charge in [-0.3, -0.25) is 4.98 Å². The molecule has 1 aliphatic heterocycles. The maximum Gasteiger partial charge on any atom is 0.410 e. The summed E-state index contributed by atoms with van der Waals surface area (Å²) in [5.41, 5.74) is 6.99. The van der Waals surface area contributed by atoms with Gasteiger partial charge in [-0.1, -0.05) is 0 Å². The number of carbonyl (C=O) groups is 1. The Bertz CT molecular complexity index is 1240. The number of fused-ring (bicyclic) bond motifs is 1. The molecule has 2 aromatic carbocycles. The highest BCUT2D eigenvalue weighted by molar-refractivity contribution is 5.91. The third-order valence-corrected chi connectivity index (χ3v) is 5.75. The largest absolute Gasteiger partial charge is 0.504 e. The molecule has 0 bridgehead atoms. The molecule has 1 fully saturated rings. The van der Waals surface area contributed by atoms with E-state index in [9.17, 15) is 4.79 Å². The summed E-state index contributed by atoms with van der Waals surface area (Å²) in [5.74, 6) is 2.04. The predicted octanol–water partition coefficient (Wildman–Crippen LogP) is 6.19. The van der Waals surface area contributed by atoms with E-state index in [0.717, 1.165) is 18.2 Å². The zero-order chi connectivity index (χ0) is 25.0. The smallest absolute Gasteiger partial charge is 0.410 e. The average Bonchev–Trinajstić information content (AvgIpc) is 2.83. The van der Waals surface area contributed by atoms with Crippen LogP contribution in [0.1, 0.15) is 33.6 Å². The van der Waals surface area contributed by atoms with Crippen molar-refractivity contribution >= 4 is 28.4 Å². The first-order valence-electron chi connectivity index (χ1n) is 11.7. The summed E-state index contributed by atoms with van der Waals surface area (Å²) in [6.07, 6.45) is 3.03. The molecule has 4 rings (SSSR count). The molecule has 0 radical (unpaired) electrons. The molecule has 2 N–H and O–H groups in total. The van der Waals surface area contributed by atoms with E-state index >= 15 is 0 Å². The van der Waals surface area contributed by atoms with Crippen LogP contribution in [0.4, 0.5) is 16.2 Å². The summed E-state index contributed by atoms with van der Waals surface area (Å²) >= 11 is 0. The van der Waals surface area contributed by atoms with Crippen molar-refractivity contribution in [3.05, 3.63) is 60.1 Å². The van der Waals surface area contributed by atoms with Crippen LogP contribution < -0.4 is 15.2 Å². The van der Waals surface area contributed by atoms with E-state index in [1.165, 1.54) is 0 Å².